The Bertz CT molecular complexity index is 675. The molecule has 8 heteroatoms. The monoisotopic (exact) mass is 283 g/mol. The van der Waals surface area contributed by atoms with Crippen molar-refractivity contribution in [3.63, 3.8) is 0 Å². The van der Waals surface area contributed by atoms with Crippen molar-refractivity contribution in [2.45, 2.75) is 18.7 Å². The number of sulfonamides is 1. The van der Waals surface area contributed by atoms with Crippen molar-refractivity contribution < 1.29 is 8.42 Å². The normalized spacial score (nSPS) is 12.2. The van der Waals surface area contributed by atoms with Gasteiger partial charge in [0.2, 0.25) is 16.0 Å². The Kier molecular flexibility index (Phi) is 3.72. The van der Waals surface area contributed by atoms with Gasteiger partial charge in [-0.2, -0.15) is 4.31 Å². The minimum Gasteiger partial charge on any atom is -0.357 e. The number of nitrogens with one attached hydrogen (secondary N) is 1. The molecule has 2 aromatic heterocycles. The fourth-order valence-electron chi connectivity index (χ4n) is 1.91. The predicted octanol–water partition coefficient (Wildman–Crippen LogP) is 0.801. The van der Waals surface area contributed by atoms with Crippen molar-refractivity contribution >= 4 is 21.6 Å². The van der Waals surface area contributed by atoms with Crippen LogP contribution in [0.15, 0.2) is 23.2 Å². The summed E-state index contributed by atoms with van der Waals surface area (Å²) in [7, 11) is -1.76. The number of pyridine rings is 1. The predicted molar refractivity (Wildman–Crippen MR) is 72.6 cm³/mol. The number of fused-ring (bicyclic) bond motifs is 1. The van der Waals surface area contributed by atoms with Crippen molar-refractivity contribution in [1.82, 2.24) is 18.9 Å². The van der Waals surface area contributed by atoms with E-state index in [1.54, 1.807) is 23.6 Å². The third kappa shape index (κ3) is 2.28. The van der Waals surface area contributed by atoms with Crippen LogP contribution in [0.1, 0.15) is 13.8 Å². The molecule has 0 saturated heterocycles. The van der Waals surface area contributed by atoms with E-state index in [2.05, 4.69) is 15.5 Å². The Hall–Kier alpha value is -1.67. The zero-order chi connectivity index (χ0) is 14.0. The number of hydrogen-bond acceptors (Lipinski definition) is 5. The summed E-state index contributed by atoms with van der Waals surface area (Å²) >= 11 is 0. The molecule has 1 N–H and O–H groups in total. The second-order valence-corrected chi connectivity index (χ2v) is 5.89. The minimum absolute atomic E-state index is 0.236. The standard InChI is InChI=1S/C11H17N5O2S/c1-4-15(5-2)19(17,18)9-6-7-10-13-14-11(12-3)16(10)8-9/h6-8H,4-5H2,1-3H3,(H,12,14). The lowest BCUT2D eigenvalue weighted by Gasteiger charge is -2.18. The molecule has 0 aliphatic rings. The van der Waals surface area contributed by atoms with Crippen LogP contribution < -0.4 is 5.32 Å². The molecule has 0 amide bonds. The first-order chi connectivity index (χ1) is 9.04. The van der Waals surface area contributed by atoms with Crippen LogP contribution >= 0.6 is 0 Å². The van der Waals surface area contributed by atoms with Gasteiger partial charge in [-0.15, -0.1) is 10.2 Å². The van der Waals surface area contributed by atoms with Crippen LogP contribution in [0.25, 0.3) is 5.65 Å². The summed E-state index contributed by atoms with van der Waals surface area (Å²) in [5, 5.41) is 10.7. The summed E-state index contributed by atoms with van der Waals surface area (Å²) in [6.45, 7) is 4.52. The van der Waals surface area contributed by atoms with Crippen molar-refractivity contribution in [1.29, 1.82) is 0 Å². The zero-order valence-corrected chi connectivity index (χ0v) is 12.0. The maximum Gasteiger partial charge on any atom is 0.244 e. The molecule has 0 spiro atoms. The molecule has 0 aliphatic carbocycles. The van der Waals surface area contributed by atoms with Crippen molar-refractivity contribution in [2.24, 2.45) is 0 Å². The Morgan fingerprint density at radius 1 is 1.26 bits per heavy atom. The quantitative estimate of drug-likeness (QED) is 0.878. The Morgan fingerprint density at radius 3 is 2.53 bits per heavy atom. The summed E-state index contributed by atoms with van der Waals surface area (Å²) in [5.74, 6) is 0.506. The Labute approximate surface area is 112 Å². The number of hydrogen-bond donors (Lipinski definition) is 1. The fraction of sp³-hybridized carbons (Fsp3) is 0.455. The third-order valence-corrected chi connectivity index (χ3v) is 4.98. The topological polar surface area (TPSA) is 79.6 Å². The average Bonchev–Trinajstić information content (AvgIpc) is 2.81. The highest BCUT2D eigenvalue weighted by molar-refractivity contribution is 7.89. The van der Waals surface area contributed by atoms with Crippen LogP contribution in [0.3, 0.4) is 0 Å². The molecule has 0 fully saturated rings. The molecule has 0 atom stereocenters. The van der Waals surface area contributed by atoms with Gasteiger partial charge in [0.05, 0.1) is 4.90 Å². The first-order valence-electron chi connectivity index (χ1n) is 6.07. The number of aromatic nitrogens is 3. The lowest BCUT2D eigenvalue weighted by atomic mass is 10.5. The maximum atomic E-state index is 12.4. The third-order valence-electron chi connectivity index (χ3n) is 2.94. The fourth-order valence-corrected chi connectivity index (χ4v) is 3.36. The largest absolute Gasteiger partial charge is 0.357 e. The SMILES string of the molecule is CCN(CC)S(=O)(=O)c1ccc2nnc(NC)n2c1. The molecule has 0 saturated carbocycles. The average molecular weight is 283 g/mol. The van der Waals surface area contributed by atoms with E-state index in [1.165, 1.54) is 10.5 Å². The summed E-state index contributed by atoms with van der Waals surface area (Å²) < 4.78 is 27.9. The highest BCUT2D eigenvalue weighted by atomic mass is 32.2. The number of anilines is 1. The molecule has 2 heterocycles. The molecule has 104 valence electrons. The first-order valence-corrected chi connectivity index (χ1v) is 7.51. The van der Waals surface area contributed by atoms with Gasteiger partial charge in [-0.1, -0.05) is 13.8 Å². The lowest BCUT2D eigenvalue weighted by Crippen LogP contribution is -2.30. The minimum atomic E-state index is -3.47. The van der Waals surface area contributed by atoms with Gasteiger partial charge in [0.1, 0.15) is 0 Å². The van der Waals surface area contributed by atoms with Gasteiger partial charge in [0, 0.05) is 26.3 Å². The summed E-state index contributed by atoms with van der Waals surface area (Å²) in [6.07, 6.45) is 1.54. The lowest BCUT2D eigenvalue weighted by molar-refractivity contribution is 0.445. The van der Waals surface area contributed by atoms with E-state index in [4.69, 9.17) is 0 Å². The molecule has 0 radical (unpaired) electrons. The summed E-state index contributed by atoms with van der Waals surface area (Å²) in [6, 6.07) is 3.20. The van der Waals surface area contributed by atoms with E-state index in [-0.39, 0.29) is 4.90 Å². The Morgan fingerprint density at radius 2 is 1.95 bits per heavy atom. The van der Waals surface area contributed by atoms with Crippen molar-refractivity contribution in [3.8, 4) is 0 Å². The molecule has 7 nitrogen and oxygen atoms in total. The van der Waals surface area contributed by atoms with Crippen LogP contribution in [0, 0.1) is 0 Å². The molecule has 0 bridgehead atoms. The van der Waals surface area contributed by atoms with E-state index >= 15 is 0 Å². The van der Waals surface area contributed by atoms with Gasteiger partial charge in [-0.25, -0.2) is 8.42 Å². The number of nitrogens with zero attached hydrogens (tertiary/aromatic N) is 4. The molecular formula is C11H17N5O2S. The van der Waals surface area contributed by atoms with E-state index < -0.39 is 10.0 Å². The maximum absolute atomic E-state index is 12.4. The van der Waals surface area contributed by atoms with Crippen LogP contribution in [0.2, 0.25) is 0 Å². The molecule has 0 unspecified atom stereocenters. The molecule has 0 aromatic carbocycles. The van der Waals surface area contributed by atoms with Gasteiger partial charge < -0.3 is 5.32 Å². The molecule has 2 rings (SSSR count). The Balaban J connectivity index is 2.56. The van der Waals surface area contributed by atoms with Gasteiger partial charge in [-0.3, -0.25) is 4.40 Å². The van der Waals surface area contributed by atoms with E-state index in [0.29, 0.717) is 24.7 Å². The van der Waals surface area contributed by atoms with E-state index in [9.17, 15) is 8.42 Å². The number of rotatable bonds is 5. The van der Waals surface area contributed by atoms with Gasteiger partial charge in [-0.05, 0) is 12.1 Å². The van der Waals surface area contributed by atoms with Gasteiger partial charge in [0.25, 0.3) is 0 Å². The first kappa shape index (κ1) is 13.8. The molecule has 19 heavy (non-hydrogen) atoms. The molecule has 2 aromatic rings. The molecule has 0 aliphatic heterocycles. The zero-order valence-electron chi connectivity index (χ0n) is 11.2. The smallest absolute Gasteiger partial charge is 0.244 e. The van der Waals surface area contributed by atoms with Crippen LogP contribution in [-0.2, 0) is 10.0 Å². The van der Waals surface area contributed by atoms with Crippen LogP contribution in [0.4, 0.5) is 5.95 Å². The molecular weight excluding hydrogens is 266 g/mol. The van der Waals surface area contributed by atoms with Gasteiger partial charge >= 0.3 is 0 Å². The van der Waals surface area contributed by atoms with Gasteiger partial charge in [0.15, 0.2) is 5.65 Å². The van der Waals surface area contributed by atoms with E-state index in [0.717, 1.165) is 0 Å². The highest BCUT2D eigenvalue weighted by Crippen LogP contribution is 2.18. The van der Waals surface area contributed by atoms with E-state index in [1.807, 2.05) is 13.8 Å². The summed E-state index contributed by atoms with van der Waals surface area (Å²) in [4.78, 5) is 0.236. The second-order valence-electron chi connectivity index (χ2n) is 3.96. The summed E-state index contributed by atoms with van der Waals surface area (Å²) in [5.41, 5.74) is 0.600. The highest BCUT2D eigenvalue weighted by Gasteiger charge is 2.22. The second kappa shape index (κ2) is 5.14. The van der Waals surface area contributed by atoms with Crippen LogP contribution in [-0.4, -0.2) is 47.5 Å². The van der Waals surface area contributed by atoms with Crippen molar-refractivity contribution in [3.05, 3.63) is 18.3 Å². The van der Waals surface area contributed by atoms with Crippen molar-refractivity contribution in [2.75, 3.05) is 25.5 Å². The van der Waals surface area contributed by atoms with Crippen LogP contribution in [0.5, 0.6) is 0 Å².